The molecule has 0 saturated carbocycles. The first kappa shape index (κ1) is 15.0. The molecule has 1 atom stereocenters. The minimum Gasteiger partial charge on any atom is -0.458 e. The van der Waals surface area contributed by atoms with Crippen molar-refractivity contribution in [1.29, 1.82) is 0 Å². The summed E-state index contributed by atoms with van der Waals surface area (Å²) in [6, 6.07) is 9.12. The average Bonchev–Trinajstić information content (AvgIpc) is 2.81. The molecule has 0 amide bonds. The first-order chi connectivity index (χ1) is 9.34. The minimum atomic E-state index is -3.35. The predicted molar refractivity (Wildman–Crippen MR) is 77.9 cm³/mol. The van der Waals surface area contributed by atoms with Gasteiger partial charge < -0.3 is 9.52 Å². The van der Waals surface area contributed by atoms with Crippen LogP contribution in [0.5, 0.6) is 0 Å². The molecule has 2 N–H and O–H groups in total. The molecule has 1 unspecified atom stereocenters. The summed E-state index contributed by atoms with van der Waals surface area (Å²) in [5, 5.41) is 11.3. The van der Waals surface area contributed by atoms with Crippen LogP contribution < -0.4 is 4.72 Å². The van der Waals surface area contributed by atoms with E-state index in [1.807, 2.05) is 18.2 Å². The van der Waals surface area contributed by atoms with E-state index in [9.17, 15) is 13.5 Å². The van der Waals surface area contributed by atoms with Crippen molar-refractivity contribution in [2.24, 2.45) is 0 Å². The Bertz CT molecular complexity index is 655. The zero-order valence-electron chi connectivity index (χ0n) is 11.6. The summed E-state index contributed by atoms with van der Waals surface area (Å²) in [6.45, 7) is 3.20. The minimum absolute atomic E-state index is 0.0449. The molecule has 0 aliphatic carbocycles. The molecule has 0 aliphatic rings. The highest BCUT2D eigenvalue weighted by Crippen LogP contribution is 2.27. The number of benzene rings is 1. The van der Waals surface area contributed by atoms with E-state index < -0.39 is 15.6 Å². The van der Waals surface area contributed by atoms with Gasteiger partial charge in [-0.3, -0.25) is 0 Å². The van der Waals surface area contributed by atoms with Crippen LogP contribution in [-0.4, -0.2) is 25.8 Å². The van der Waals surface area contributed by atoms with Crippen LogP contribution in [-0.2, 0) is 15.6 Å². The molecular formula is C14H19NO4S. The molecule has 0 aliphatic heterocycles. The Morgan fingerprint density at radius 3 is 2.70 bits per heavy atom. The van der Waals surface area contributed by atoms with Gasteiger partial charge in [0.15, 0.2) is 0 Å². The normalized spacial score (nSPS) is 15.3. The summed E-state index contributed by atoms with van der Waals surface area (Å²) >= 11 is 0. The third-order valence-electron chi connectivity index (χ3n) is 3.07. The van der Waals surface area contributed by atoms with Gasteiger partial charge in [-0.25, -0.2) is 13.1 Å². The van der Waals surface area contributed by atoms with Gasteiger partial charge >= 0.3 is 0 Å². The smallest absolute Gasteiger partial charge is 0.211 e. The largest absolute Gasteiger partial charge is 0.458 e. The van der Waals surface area contributed by atoms with Crippen LogP contribution in [0, 0.1) is 0 Å². The van der Waals surface area contributed by atoms with Crippen LogP contribution in [0.4, 0.5) is 0 Å². The van der Waals surface area contributed by atoms with E-state index in [1.165, 1.54) is 6.92 Å². The number of rotatable bonds is 6. The molecule has 0 radical (unpaired) electrons. The van der Waals surface area contributed by atoms with Crippen LogP contribution in [0.15, 0.2) is 34.7 Å². The number of hydrogen-bond acceptors (Lipinski definition) is 4. The Hall–Kier alpha value is -1.37. The first-order valence-corrected chi connectivity index (χ1v) is 8.18. The van der Waals surface area contributed by atoms with Crippen molar-refractivity contribution in [3.05, 3.63) is 36.1 Å². The van der Waals surface area contributed by atoms with Crippen LogP contribution in [0.1, 0.15) is 26.0 Å². The fraction of sp³-hybridized carbons (Fsp3) is 0.429. The highest BCUT2D eigenvalue weighted by atomic mass is 32.2. The first-order valence-electron chi connectivity index (χ1n) is 6.53. The van der Waals surface area contributed by atoms with Gasteiger partial charge in [0, 0.05) is 11.9 Å². The second-order valence-electron chi connectivity index (χ2n) is 5.06. The molecular weight excluding hydrogens is 278 g/mol. The maximum absolute atomic E-state index is 11.6. The molecule has 0 fully saturated rings. The Balaban J connectivity index is 2.17. The van der Waals surface area contributed by atoms with E-state index in [0.29, 0.717) is 17.8 Å². The summed E-state index contributed by atoms with van der Waals surface area (Å²) in [6.07, 6.45) is 0.530. The fourth-order valence-electron chi connectivity index (χ4n) is 1.93. The third-order valence-corrected chi connectivity index (χ3v) is 4.60. The molecule has 1 aromatic heterocycles. The molecule has 5 nitrogen and oxygen atoms in total. The molecule has 2 aromatic rings. The summed E-state index contributed by atoms with van der Waals surface area (Å²) in [5.41, 5.74) is -0.723. The number of nitrogens with one attached hydrogen (secondary N) is 1. The lowest BCUT2D eigenvalue weighted by Gasteiger charge is -2.21. The molecule has 0 bridgehead atoms. The van der Waals surface area contributed by atoms with Gasteiger partial charge in [0.05, 0.1) is 5.75 Å². The fourth-order valence-corrected chi connectivity index (χ4v) is 3.11. The summed E-state index contributed by atoms with van der Waals surface area (Å²) < 4.78 is 31.2. The highest BCUT2D eigenvalue weighted by Gasteiger charge is 2.29. The van der Waals surface area contributed by atoms with E-state index in [2.05, 4.69) is 4.72 Å². The highest BCUT2D eigenvalue weighted by molar-refractivity contribution is 7.89. The maximum Gasteiger partial charge on any atom is 0.211 e. The monoisotopic (exact) mass is 297 g/mol. The van der Waals surface area contributed by atoms with Crippen molar-refractivity contribution >= 4 is 21.0 Å². The lowest BCUT2D eigenvalue weighted by atomic mass is 10.0. The van der Waals surface area contributed by atoms with Gasteiger partial charge in [-0.1, -0.05) is 25.1 Å². The molecule has 6 heteroatoms. The Kier molecular flexibility index (Phi) is 4.17. The number of aliphatic hydroxyl groups is 1. The third kappa shape index (κ3) is 3.39. The zero-order chi connectivity index (χ0) is 14.8. The predicted octanol–water partition coefficient (Wildman–Crippen LogP) is 1.97. The van der Waals surface area contributed by atoms with Gasteiger partial charge in [0.25, 0.3) is 0 Å². The van der Waals surface area contributed by atoms with Crippen molar-refractivity contribution < 1.29 is 17.9 Å². The van der Waals surface area contributed by atoms with Crippen LogP contribution in [0.2, 0.25) is 0 Å². The van der Waals surface area contributed by atoms with E-state index in [1.54, 1.807) is 19.1 Å². The Morgan fingerprint density at radius 1 is 1.35 bits per heavy atom. The van der Waals surface area contributed by atoms with Gasteiger partial charge in [-0.05, 0) is 25.5 Å². The van der Waals surface area contributed by atoms with Crippen molar-refractivity contribution in [3.63, 3.8) is 0 Å². The molecule has 2 rings (SSSR count). The van der Waals surface area contributed by atoms with Crippen LogP contribution in [0.25, 0.3) is 11.0 Å². The van der Waals surface area contributed by atoms with Crippen molar-refractivity contribution in [3.8, 4) is 0 Å². The van der Waals surface area contributed by atoms with Crippen LogP contribution >= 0.6 is 0 Å². The van der Waals surface area contributed by atoms with Crippen LogP contribution in [0.3, 0.4) is 0 Å². The summed E-state index contributed by atoms with van der Waals surface area (Å²) in [5.74, 6) is 0.390. The average molecular weight is 297 g/mol. The second-order valence-corrected chi connectivity index (χ2v) is 6.99. The molecule has 1 heterocycles. The van der Waals surface area contributed by atoms with E-state index in [0.717, 1.165) is 5.39 Å². The molecule has 1 aromatic carbocycles. The lowest BCUT2D eigenvalue weighted by molar-refractivity contribution is 0.0412. The summed E-state index contributed by atoms with van der Waals surface area (Å²) in [7, 11) is -3.35. The molecule has 0 saturated heterocycles. The summed E-state index contributed by atoms with van der Waals surface area (Å²) in [4.78, 5) is 0. The van der Waals surface area contributed by atoms with Gasteiger partial charge in [0.2, 0.25) is 10.0 Å². The van der Waals surface area contributed by atoms with E-state index in [-0.39, 0.29) is 12.3 Å². The van der Waals surface area contributed by atoms with Gasteiger partial charge in [0.1, 0.15) is 16.9 Å². The maximum atomic E-state index is 11.6. The molecule has 0 spiro atoms. The van der Waals surface area contributed by atoms with E-state index >= 15 is 0 Å². The zero-order valence-corrected chi connectivity index (χ0v) is 12.4. The van der Waals surface area contributed by atoms with Crippen molar-refractivity contribution in [2.45, 2.75) is 25.9 Å². The molecule has 110 valence electrons. The van der Waals surface area contributed by atoms with Gasteiger partial charge in [-0.15, -0.1) is 0 Å². The standard InChI is InChI=1S/C14H19NO4S/c1-3-8-20(17,18)15-10-14(2,16)13-9-11-6-4-5-7-12(11)19-13/h4-7,9,15-16H,3,8,10H2,1-2H3. The van der Waals surface area contributed by atoms with Crippen molar-refractivity contribution in [1.82, 2.24) is 4.72 Å². The number of hydrogen-bond donors (Lipinski definition) is 2. The number of furan rings is 1. The van der Waals surface area contributed by atoms with Crippen molar-refractivity contribution in [2.75, 3.05) is 12.3 Å². The lowest BCUT2D eigenvalue weighted by Crippen LogP contribution is -2.39. The number of sulfonamides is 1. The second kappa shape index (κ2) is 5.55. The quantitative estimate of drug-likeness (QED) is 0.854. The van der Waals surface area contributed by atoms with Gasteiger partial charge in [-0.2, -0.15) is 0 Å². The van der Waals surface area contributed by atoms with E-state index in [4.69, 9.17) is 4.42 Å². The molecule has 20 heavy (non-hydrogen) atoms. The topological polar surface area (TPSA) is 79.5 Å². The Morgan fingerprint density at radius 2 is 2.05 bits per heavy atom. The number of fused-ring (bicyclic) bond motifs is 1. The SMILES string of the molecule is CCCS(=O)(=O)NCC(C)(O)c1cc2ccccc2o1. The Labute approximate surface area is 118 Å². The number of para-hydroxylation sites is 1.